The number of aryl methyl sites for hydroxylation is 2. The van der Waals surface area contributed by atoms with Crippen molar-refractivity contribution in [2.75, 3.05) is 18.2 Å². The molecule has 3 N–H and O–H groups in total. The summed E-state index contributed by atoms with van der Waals surface area (Å²) in [5.41, 5.74) is 7.99. The van der Waals surface area contributed by atoms with Crippen LogP contribution in [-0.2, 0) is 18.3 Å². The second kappa shape index (κ2) is 6.10. The zero-order valence-corrected chi connectivity index (χ0v) is 11.6. The molecule has 1 heterocycles. The summed E-state index contributed by atoms with van der Waals surface area (Å²) in [5, 5.41) is 6.87. The third kappa shape index (κ3) is 3.50. The van der Waals surface area contributed by atoms with E-state index in [1.54, 1.807) is 36.2 Å². The Kier molecular flexibility index (Phi) is 4.24. The molecule has 1 aromatic carbocycles. The Bertz CT molecular complexity index is 607. The van der Waals surface area contributed by atoms with Gasteiger partial charge in [-0.25, -0.2) is 0 Å². The van der Waals surface area contributed by atoms with E-state index in [-0.39, 0.29) is 5.91 Å². The van der Waals surface area contributed by atoms with E-state index in [0.717, 1.165) is 5.56 Å². The Morgan fingerprint density at radius 1 is 1.50 bits per heavy atom. The predicted octanol–water partition coefficient (Wildman–Crippen LogP) is 1.58. The van der Waals surface area contributed by atoms with Crippen LogP contribution in [0.25, 0.3) is 0 Å². The predicted molar refractivity (Wildman–Crippen MR) is 77.6 cm³/mol. The monoisotopic (exact) mass is 274 g/mol. The minimum Gasteiger partial charge on any atom is -0.495 e. The fourth-order valence-electron chi connectivity index (χ4n) is 1.89. The van der Waals surface area contributed by atoms with Crippen molar-refractivity contribution in [2.45, 2.75) is 12.8 Å². The molecule has 2 aromatic rings. The van der Waals surface area contributed by atoms with E-state index < -0.39 is 0 Å². The smallest absolute Gasteiger partial charge is 0.224 e. The summed E-state index contributed by atoms with van der Waals surface area (Å²) in [6, 6.07) is 5.17. The zero-order valence-electron chi connectivity index (χ0n) is 11.6. The summed E-state index contributed by atoms with van der Waals surface area (Å²) in [5.74, 6) is 0.539. The first-order chi connectivity index (χ1) is 9.58. The number of benzene rings is 1. The first kappa shape index (κ1) is 13.9. The molecule has 20 heavy (non-hydrogen) atoms. The lowest BCUT2D eigenvalue weighted by atomic mass is 10.2. The maximum atomic E-state index is 11.8. The van der Waals surface area contributed by atoms with Crippen LogP contribution in [0.1, 0.15) is 12.0 Å². The van der Waals surface area contributed by atoms with Gasteiger partial charge in [-0.15, -0.1) is 0 Å². The van der Waals surface area contributed by atoms with E-state index in [1.807, 2.05) is 13.2 Å². The van der Waals surface area contributed by atoms with Crippen molar-refractivity contribution in [3.63, 3.8) is 0 Å². The lowest BCUT2D eigenvalue weighted by molar-refractivity contribution is -0.116. The van der Waals surface area contributed by atoms with Crippen LogP contribution in [0.3, 0.4) is 0 Å². The molecule has 6 heteroatoms. The van der Waals surface area contributed by atoms with Gasteiger partial charge in [0.1, 0.15) is 5.75 Å². The minimum absolute atomic E-state index is 0.0570. The van der Waals surface area contributed by atoms with Gasteiger partial charge in [0.25, 0.3) is 0 Å². The van der Waals surface area contributed by atoms with Crippen molar-refractivity contribution in [3.05, 3.63) is 36.2 Å². The maximum absolute atomic E-state index is 11.8. The van der Waals surface area contributed by atoms with Gasteiger partial charge in [0, 0.05) is 25.4 Å². The summed E-state index contributed by atoms with van der Waals surface area (Å²) in [6.45, 7) is 0. The Morgan fingerprint density at radius 2 is 2.30 bits per heavy atom. The van der Waals surface area contributed by atoms with Crippen LogP contribution in [0.2, 0.25) is 0 Å². The number of anilines is 2. The fourth-order valence-corrected chi connectivity index (χ4v) is 1.89. The third-order valence-corrected chi connectivity index (χ3v) is 2.91. The minimum atomic E-state index is -0.0570. The number of nitrogens with zero attached hydrogens (tertiary/aromatic N) is 2. The van der Waals surface area contributed by atoms with Gasteiger partial charge in [-0.3, -0.25) is 9.48 Å². The number of hydrogen-bond acceptors (Lipinski definition) is 4. The van der Waals surface area contributed by atoms with Gasteiger partial charge in [0.2, 0.25) is 5.91 Å². The van der Waals surface area contributed by atoms with Crippen LogP contribution in [-0.4, -0.2) is 22.8 Å². The molecule has 0 radical (unpaired) electrons. The van der Waals surface area contributed by atoms with Gasteiger partial charge in [0.15, 0.2) is 0 Å². The SMILES string of the molecule is COc1ccc(NC(=O)CCc2cnn(C)c2)cc1N. The number of carbonyl (C=O) groups excluding carboxylic acids is 1. The standard InChI is InChI=1S/C14H18N4O2/c1-18-9-10(8-16-18)3-6-14(19)17-11-4-5-13(20-2)12(15)7-11/h4-5,7-9H,3,6,15H2,1-2H3,(H,17,19). The zero-order chi connectivity index (χ0) is 14.5. The maximum Gasteiger partial charge on any atom is 0.224 e. The number of ether oxygens (including phenoxy) is 1. The second-order valence-electron chi connectivity index (χ2n) is 4.53. The molecule has 0 fully saturated rings. The van der Waals surface area contributed by atoms with E-state index in [2.05, 4.69) is 10.4 Å². The molecule has 106 valence electrons. The van der Waals surface area contributed by atoms with Crippen molar-refractivity contribution in [3.8, 4) is 5.75 Å². The van der Waals surface area contributed by atoms with E-state index in [4.69, 9.17) is 10.5 Å². The van der Waals surface area contributed by atoms with Gasteiger partial charge in [0.05, 0.1) is 19.0 Å². The molecule has 2 rings (SSSR count). The Labute approximate surface area is 117 Å². The van der Waals surface area contributed by atoms with E-state index in [9.17, 15) is 4.79 Å². The molecule has 0 aliphatic carbocycles. The lowest BCUT2D eigenvalue weighted by Gasteiger charge is -2.08. The highest BCUT2D eigenvalue weighted by molar-refractivity contribution is 5.91. The van der Waals surface area contributed by atoms with Crippen molar-refractivity contribution >= 4 is 17.3 Å². The molecule has 0 bridgehead atoms. The average molecular weight is 274 g/mol. The van der Waals surface area contributed by atoms with Crippen molar-refractivity contribution in [1.29, 1.82) is 0 Å². The molecule has 1 aromatic heterocycles. The highest BCUT2D eigenvalue weighted by Gasteiger charge is 2.06. The Balaban J connectivity index is 1.89. The number of aromatic nitrogens is 2. The first-order valence-corrected chi connectivity index (χ1v) is 6.29. The van der Waals surface area contributed by atoms with E-state index in [0.29, 0.717) is 30.0 Å². The van der Waals surface area contributed by atoms with Crippen LogP contribution < -0.4 is 15.8 Å². The van der Waals surface area contributed by atoms with Crippen LogP contribution in [0.5, 0.6) is 5.75 Å². The molecular formula is C14H18N4O2. The molecule has 0 aliphatic rings. The van der Waals surface area contributed by atoms with E-state index >= 15 is 0 Å². The summed E-state index contributed by atoms with van der Waals surface area (Å²) in [4.78, 5) is 11.8. The number of methoxy groups -OCH3 is 1. The molecule has 0 unspecified atom stereocenters. The molecule has 1 amide bonds. The quantitative estimate of drug-likeness (QED) is 0.811. The van der Waals surface area contributed by atoms with E-state index in [1.165, 1.54) is 0 Å². The van der Waals surface area contributed by atoms with Crippen LogP contribution in [0.4, 0.5) is 11.4 Å². The van der Waals surface area contributed by atoms with Crippen LogP contribution in [0, 0.1) is 0 Å². The molecule has 0 saturated carbocycles. The Hall–Kier alpha value is -2.50. The number of amides is 1. The summed E-state index contributed by atoms with van der Waals surface area (Å²) >= 11 is 0. The molecule has 0 aliphatic heterocycles. The van der Waals surface area contributed by atoms with Crippen molar-refractivity contribution < 1.29 is 9.53 Å². The lowest BCUT2D eigenvalue weighted by Crippen LogP contribution is -2.12. The normalized spacial score (nSPS) is 10.3. The van der Waals surface area contributed by atoms with Crippen molar-refractivity contribution in [2.24, 2.45) is 7.05 Å². The summed E-state index contributed by atoms with van der Waals surface area (Å²) in [7, 11) is 3.40. The topological polar surface area (TPSA) is 82.2 Å². The fraction of sp³-hybridized carbons (Fsp3) is 0.286. The largest absolute Gasteiger partial charge is 0.495 e. The van der Waals surface area contributed by atoms with Gasteiger partial charge in [-0.1, -0.05) is 0 Å². The highest BCUT2D eigenvalue weighted by atomic mass is 16.5. The average Bonchev–Trinajstić information content (AvgIpc) is 2.82. The summed E-state index contributed by atoms with van der Waals surface area (Å²) < 4.78 is 6.79. The second-order valence-corrected chi connectivity index (χ2v) is 4.53. The highest BCUT2D eigenvalue weighted by Crippen LogP contribution is 2.24. The Morgan fingerprint density at radius 3 is 2.90 bits per heavy atom. The van der Waals surface area contributed by atoms with Gasteiger partial charge in [-0.2, -0.15) is 5.10 Å². The first-order valence-electron chi connectivity index (χ1n) is 6.29. The van der Waals surface area contributed by atoms with Gasteiger partial charge >= 0.3 is 0 Å². The molecular weight excluding hydrogens is 256 g/mol. The summed E-state index contributed by atoms with van der Waals surface area (Å²) in [6.07, 6.45) is 4.72. The third-order valence-electron chi connectivity index (χ3n) is 2.91. The number of rotatable bonds is 5. The van der Waals surface area contributed by atoms with Crippen LogP contribution >= 0.6 is 0 Å². The van der Waals surface area contributed by atoms with Crippen LogP contribution in [0.15, 0.2) is 30.6 Å². The molecule has 0 saturated heterocycles. The number of nitrogens with two attached hydrogens (primary N) is 1. The molecule has 0 atom stereocenters. The van der Waals surface area contributed by atoms with Gasteiger partial charge in [-0.05, 0) is 30.2 Å². The molecule has 0 spiro atoms. The number of nitrogen functional groups attached to an aromatic ring is 1. The number of nitrogens with one attached hydrogen (secondary N) is 1. The van der Waals surface area contributed by atoms with Crippen molar-refractivity contribution in [1.82, 2.24) is 9.78 Å². The molecule has 6 nitrogen and oxygen atoms in total. The number of hydrogen-bond donors (Lipinski definition) is 2. The van der Waals surface area contributed by atoms with Gasteiger partial charge < -0.3 is 15.8 Å². The number of carbonyl (C=O) groups is 1.